The van der Waals surface area contributed by atoms with Gasteiger partial charge in [0.15, 0.2) is 0 Å². The number of allylic oxidation sites excluding steroid dienone is 1. The molecule has 0 aliphatic carbocycles. The number of aliphatic hydroxyl groups excluding tert-OH is 1. The minimum atomic E-state index is -0.0385. The number of rotatable bonds is 4. The van der Waals surface area contributed by atoms with Gasteiger partial charge in [-0.2, -0.15) is 0 Å². The summed E-state index contributed by atoms with van der Waals surface area (Å²) in [5.74, 6) is 1.34. The van der Waals surface area contributed by atoms with Gasteiger partial charge in [-0.25, -0.2) is 0 Å². The van der Waals surface area contributed by atoms with Crippen molar-refractivity contribution in [3.05, 3.63) is 29.8 Å². The van der Waals surface area contributed by atoms with Crippen LogP contribution in [0.2, 0.25) is 0 Å². The van der Waals surface area contributed by atoms with Crippen LogP contribution in [0.4, 0.5) is 0 Å². The average molecular weight is 208 g/mol. The maximum Gasteiger partial charge on any atom is 0.130 e. The van der Waals surface area contributed by atoms with E-state index in [1.54, 1.807) is 26.4 Å². The van der Waals surface area contributed by atoms with Gasteiger partial charge in [-0.3, -0.25) is 0 Å². The third-order valence-electron chi connectivity index (χ3n) is 2.17. The normalized spacial score (nSPS) is 9.87. The largest absolute Gasteiger partial charge is 0.496 e. The van der Waals surface area contributed by atoms with Crippen molar-refractivity contribution < 1.29 is 14.6 Å². The van der Waals surface area contributed by atoms with Crippen LogP contribution in [0.3, 0.4) is 0 Å². The molecule has 0 unspecified atom stereocenters. The molecule has 15 heavy (non-hydrogen) atoms. The molecule has 1 rings (SSSR count). The first-order valence-electron chi connectivity index (χ1n) is 4.65. The summed E-state index contributed by atoms with van der Waals surface area (Å²) in [7, 11) is 3.17. The number of hydrogen-bond donors (Lipinski definition) is 1. The van der Waals surface area contributed by atoms with Gasteiger partial charge in [0, 0.05) is 0 Å². The second kappa shape index (κ2) is 4.84. The summed E-state index contributed by atoms with van der Waals surface area (Å²) >= 11 is 0. The molecule has 0 aromatic heterocycles. The number of methoxy groups -OCH3 is 2. The van der Waals surface area contributed by atoms with Gasteiger partial charge in [0.2, 0.25) is 0 Å². The maximum atomic E-state index is 9.07. The van der Waals surface area contributed by atoms with Gasteiger partial charge in [-0.15, -0.1) is 0 Å². The van der Waals surface area contributed by atoms with Crippen LogP contribution in [-0.2, 0) is 6.61 Å². The monoisotopic (exact) mass is 208 g/mol. The Bertz CT molecular complexity index is 344. The first-order valence-corrected chi connectivity index (χ1v) is 4.65. The molecule has 1 aromatic rings. The molecular formula is C12H16O3. The molecule has 0 fully saturated rings. The third-order valence-corrected chi connectivity index (χ3v) is 2.17. The molecule has 0 aliphatic rings. The molecule has 3 nitrogen and oxygen atoms in total. The highest BCUT2D eigenvalue weighted by Crippen LogP contribution is 2.35. The molecule has 1 aromatic carbocycles. The lowest BCUT2D eigenvalue weighted by Gasteiger charge is -2.14. The summed E-state index contributed by atoms with van der Waals surface area (Å²) in [5.41, 5.74) is 2.47. The van der Waals surface area contributed by atoms with Crippen molar-refractivity contribution in [3.8, 4) is 11.5 Å². The number of ether oxygens (including phenoxy) is 2. The summed E-state index contributed by atoms with van der Waals surface area (Å²) in [4.78, 5) is 0. The van der Waals surface area contributed by atoms with E-state index in [-0.39, 0.29) is 6.61 Å². The van der Waals surface area contributed by atoms with Crippen LogP contribution in [0.25, 0.3) is 5.57 Å². The molecule has 3 heteroatoms. The van der Waals surface area contributed by atoms with E-state index in [4.69, 9.17) is 14.6 Å². The van der Waals surface area contributed by atoms with Gasteiger partial charge in [-0.05, 0) is 30.2 Å². The van der Waals surface area contributed by atoms with Crippen molar-refractivity contribution in [1.29, 1.82) is 0 Å². The Balaban J connectivity index is 3.39. The van der Waals surface area contributed by atoms with Crippen LogP contribution in [0.15, 0.2) is 18.7 Å². The Morgan fingerprint density at radius 1 is 1.27 bits per heavy atom. The van der Waals surface area contributed by atoms with Crippen LogP contribution in [0.1, 0.15) is 18.1 Å². The van der Waals surface area contributed by atoms with Gasteiger partial charge in [-0.1, -0.05) is 6.58 Å². The van der Waals surface area contributed by atoms with E-state index in [1.807, 2.05) is 6.92 Å². The Hall–Kier alpha value is -1.48. The van der Waals surface area contributed by atoms with Crippen molar-refractivity contribution in [3.63, 3.8) is 0 Å². The topological polar surface area (TPSA) is 38.7 Å². The lowest BCUT2D eigenvalue weighted by atomic mass is 10.0. The van der Waals surface area contributed by atoms with Crippen LogP contribution in [0, 0.1) is 0 Å². The van der Waals surface area contributed by atoms with Gasteiger partial charge in [0.05, 0.1) is 26.4 Å². The Labute approximate surface area is 90.0 Å². The second-order valence-corrected chi connectivity index (χ2v) is 3.31. The fourth-order valence-electron chi connectivity index (χ4n) is 1.48. The van der Waals surface area contributed by atoms with E-state index in [0.29, 0.717) is 11.5 Å². The molecule has 0 atom stereocenters. The highest BCUT2D eigenvalue weighted by atomic mass is 16.5. The SMILES string of the molecule is C=C(C)c1c(OC)cc(CO)cc1OC. The Morgan fingerprint density at radius 2 is 1.73 bits per heavy atom. The zero-order valence-corrected chi connectivity index (χ0v) is 9.33. The number of hydrogen-bond acceptors (Lipinski definition) is 3. The average Bonchev–Trinajstić information content (AvgIpc) is 2.26. The molecule has 82 valence electrons. The van der Waals surface area contributed by atoms with Crippen molar-refractivity contribution in [2.45, 2.75) is 13.5 Å². The standard InChI is InChI=1S/C12H16O3/c1-8(2)12-10(14-3)5-9(7-13)6-11(12)15-4/h5-6,13H,1,7H2,2-4H3. The van der Waals surface area contributed by atoms with Crippen molar-refractivity contribution in [2.24, 2.45) is 0 Å². The first kappa shape index (κ1) is 11.6. The quantitative estimate of drug-likeness (QED) is 0.824. The molecule has 1 N–H and O–H groups in total. The molecule has 0 saturated heterocycles. The van der Waals surface area contributed by atoms with Crippen LogP contribution < -0.4 is 9.47 Å². The number of aliphatic hydroxyl groups is 1. The van der Waals surface area contributed by atoms with E-state index in [2.05, 4.69) is 6.58 Å². The molecule has 0 spiro atoms. The highest BCUT2D eigenvalue weighted by molar-refractivity contribution is 5.73. The van der Waals surface area contributed by atoms with Crippen molar-refractivity contribution in [1.82, 2.24) is 0 Å². The summed E-state index contributed by atoms with van der Waals surface area (Å²) in [6, 6.07) is 3.57. The third kappa shape index (κ3) is 2.30. The van der Waals surface area contributed by atoms with Gasteiger partial charge >= 0.3 is 0 Å². The predicted octanol–water partition coefficient (Wildman–Crippen LogP) is 2.23. The van der Waals surface area contributed by atoms with Gasteiger partial charge in [0.25, 0.3) is 0 Å². The highest BCUT2D eigenvalue weighted by Gasteiger charge is 2.12. The zero-order chi connectivity index (χ0) is 11.4. The van der Waals surface area contributed by atoms with Crippen LogP contribution >= 0.6 is 0 Å². The minimum absolute atomic E-state index is 0.0385. The minimum Gasteiger partial charge on any atom is -0.496 e. The van der Waals surface area contributed by atoms with Crippen molar-refractivity contribution in [2.75, 3.05) is 14.2 Å². The predicted molar refractivity (Wildman–Crippen MR) is 60.2 cm³/mol. The fraction of sp³-hybridized carbons (Fsp3) is 0.333. The fourth-order valence-corrected chi connectivity index (χ4v) is 1.48. The smallest absolute Gasteiger partial charge is 0.130 e. The molecule has 0 saturated carbocycles. The van der Waals surface area contributed by atoms with Gasteiger partial charge in [0.1, 0.15) is 11.5 Å². The summed E-state index contributed by atoms with van der Waals surface area (Å²) in [5, 5.41) is 9.07. The summed E-state index contributed by atoms with van der Waals surface area (Å²) in [6.45, 7) is 5.72. The maximum absolute atomic E-state index is 9.07. The van der Waals surface area contributed by atoms with E-state index in [9.17, 15) is 0 Å². The summed E-state index contributed by atoms with van der Waals surface area (Å²) < 4.78 is 10.5. The number of benzene rings is 1. The van der Waals surface area contributed by atoms with Gasteiger partial charge < -0.3 is 14.6 Å². The summed E-state index contributed by atoms with van der Waals surface area (Å²) in [6.07, 6.45) is 0. The van der Waals surface area contributed by atoms with Crippen LogP contribution in [0.5, 0.6) is 11.5 Å². The Kier molecular flexibility index (Phi) is 3.74. The molecule has 0 radical (unpaired) electrons. The molecule has 0 amide bonds. The van der Waals surface area contributed by atoms with Crippen LogP contribution in [-0.4, -0.2) is 19.3 Å². The molecule has 0 heterocycles. The van der Waals surface area contributed by atoms with E-state index >= 15 is 0 Å². The van der Waals surface area contributed by atoms with E-state index in [1.165, 1.54) is 0 Å². The lowest BCUT2D eigenvalue weighted by molar-refractivity contribution is 0.280. The first-order chi connectivity index (χ1) is 7.13. The zero-order valence-electron chi connectivity index (χ0n) is 9.33. The Morgan fingerprint density at radius 3 is 2.00 bits per heavy atom. The second-order valence-electron chi connectivity index (χ2n) is 3.31. The van der Waals surface area contributed by atoms with E-state index in [0.717, 1.165) is 16.7 Å². The van der Waals surface area contributed by atoms with Crippen molar-refractivity contribution >= 4 is 5.57 Å². The molecular weight excluding hydrogens is 192 g/mol. The molecule has 0 aliphatic heterocycles. The van der Waals surface area contributed by atoms with E-state index < -0.39 is 0 Å². The lowest BCUT2D eigenvalue weighted by Crippen LogP contribution is -1.97. The molecule has 0 bridgehead atoms.